The number of ether oxygens (including phenoxy) is 2. The number of methoxy groups -OCH3 is 1. The molecule has 7 heteroatoms. The standard InChI is InChI=1S/C20H23N3O4/c1-26-14-19(24)21-16-8-5-9-17(12-16)22-20(25)23-10-11-27-18(13-23)15-6-3-2-4-7-15/h2-9,12,18H,10-11,13-14H2,1H3,(H,21,24)(H,22,25)/t18-/m1/s1. The Hall–Kier alpha value is -2.90. The van der Waals surface area contributed by atoms with Crippen molar-refractivity contribution in [3.05, 3.63) is 60.2 Å². The molecule has 1 aliphatic heterocycles. The molecule has 0 aromatic heterocycles. The van der Waals surface area contributed by atoms with Crippen LogP contribution in [0.15, 0.2) is 54.6 Å². The van der Waals surface area contributed by atoms with Crippen LogP contribution < -0.4 is 10.6 Å². The molecule has 1 saturated heterocycles. The van der Waals surface area contributed by atoms with Crippen LogP contribution in [0.2, 0.25) is 0 Å². The van der Waals surface area contributed by atoms with Gasteiger partial charge in [0.15, 0.2) is 0 Å². The summed E-state index contributed by atoms with van der Waals surface area (Å²) in [5, 5.41) is 5.59. The van der Waals surface area contributed by atoms with Gasteiger partial charge in [-0.05, 0) is 23.8 Å². The summed E-state index contributed by atoms with van der Waals surface area (Å²) in [4.78, 5) is 26.0. The highest BCUT2D eigenvalue weighted by Gasteiger charge is 2.25. The Morgan fingerprint density at radius 1 is 1.11 bits per heavy atom. The summed E-state index contributed by atoms with van der Waals surface area (Å²) in [7, 11) is 1.46. The summed E-state index contributed by atoms with van der Waals surface area (Å²) in [6, 6.07) is 16.7. The van der Waals surface area contributed by atoms with Crippen molar-refractivity contribution >= 4 is 23.3 Å². The Morgan fingerprint density at radius 2 is 1.85 bits per heavy atom. The fourth-order valence-corrected chi connectivity index (χ4v) is 2.91. The van der Waals surface area contributed by atoms with Crippen molar-refractivity contribution in [3.63, 3.8) is 0 Å². The van der Waals surface area contributed by atoms with Gasteiger partial charge in [0.25, 0.3) is 0 Å². The summed E-state index contributed by atoms with van der Waals surface area (Å²) < 4.78 is 10.6. The number of carbonyl (C=O) groups excluding carboxylic acids is 2. The van der Waals surface area contributed by atoms with Crippen LogP contribution in [0.1, 0.15) is 11.7 Å². The zero-order chi connectivity index (χ0) is 19.1. The van der Waals surface area contributed by atoms with Gasteiger partial charge < -0.3 is 25.0 Å². The molecule has 0 bridgehead atoms. The van der Waals surface area contributed by atoms with Gasteiger partial charge >= 0.3 is 6.03 Å². The van der Waals surface area contributed by atoms with Crippen LogP contribution in [0.3, 0.4) is 0 Å². The minimum atomic E-state index is -0.250. The quantitative estimate of drug-likeness (QED) is 0.849. The Morgan fingerprint density at radius 3 is 2.59 bits per heavy atom. The van der Waals surface area contributed by atoms with E-state index in [0.717, 1.165) is 5.56 Å². The maximum atomic E-state index is 12.6. The minimum absolute atomic E-state index is 0.0226. The molecule has 2 aromatic rings. The summed E-state index contributed by atoms with van der Waals surface area (Å²) in [5.74, 6) is -0.250. The molecule has 2 N–H and O–H groups in total. The highest BCUT2D eigenvalue weighted by molar-refractivity contribution is 5.94. The molecule has 1 heterocycles. The zero-order valence-corrected chi connectivity index (χ0v) is 15.2. The third-order valence-electron chi connectivity index (χ3n) is 4.20. The maximum absolute atomic E-state index is 12.6. The molecule has 1 aliphatic rings. The van der Waals surface area contributed by atoms with E-state index >= 15 is 0 Å². The van der Waals surface area contributed by atoms with E-state index in [1.165, 1.54) is 7.11 Å². The molecule has 1 atom stereocenters. The number of nitrogens with zero attached hydrogens (tertiary/aromatic N) is 1. The lowest BCUT2D eigenvalue weighted by atomic mass is 10.1. The lowest BCUT2D eigenvalue weighted by Crippen LogP contribution is -2.44. The monoisotopic (exact) mass is 369 g/mol. The molecule has 27 heavy (non-hydrogen) atoms. The number of hydrogen-bond donors (Lipinski definition) is 2. The van der Waals surface area contributed by atoms with Gasteiger partial charge in [0.1, 0.15) is 12.7 Å². The summed E-state index contributed by atoms with van der Waals surface area (Å²) in [5.41, 5.74) is 2.26. The van der Waals surface area contributed by atoms with Crippen molar-refractivity contribution < 1.29 is 19.1 Å². The third-order valence-corrected chi connectivity index (χ3v) is 4.20. The number of morpholine rings is 1. The Bertz CT molecular complexity index is 782. The molecular weight excluding hydrogens is 346 g/mol. The molecule has 0 radical (unpaired) electrons. The topological polar surface area (TPSA) is 79.9 Å². The van der Waals surface area contributed by atoms with Crippen LogP contribution in [0, 0.1) is 0 Å². The highest BCUT2D eigenvalue weighted by Crippen LogP contribution is 2.23. The van der Waals surface area contributed by atoms with E-state index in [2.05, 4.69) is 10.6 Å². The molecular formula is C20H23N3O4. The fraction of sp³-hybridized carbons (Fsp3) is 0.300. The van der Waals surface area contributed by atoms with Crippen molar-refractivity contribution in [2.24, 2.45) is 0 Å². The summed E-state index contributed by atoms with van der Waals surface area (Å²) in [6.07, 6.45) is -0.134. The number of benzene rings is 2. The second-order valence-electron chi connectivity index (χ2n) is 6.21. The second-order valence-corrected chi connectivity index (χ2v) is 6.21. The normalized spacial score (nSPS) is 16.6. The number of urea groups is 1. The van der Waals surface area contributed by atoms with E-state index in [1.54, 1.807) is 29.2 Å². The lowest BCUT2D eigenvalue weighted by Gasteiger charge is -2.33. The van der Waals surface area contributed by atoms with Gasteiger partial charge in [-0.1, -0.05) is 36.4 Å². The predicted octanol–water partition coefficient (Wildman–Crippen LogP) is 2.88. The minimum Gasteiger partial charge on any atom is -0.375 e. The Labute approximate surface area is 158 Å². The fourth-order valence-electron chi connectivity index (χ4n) is 2.91. The van der Waals surface area contributed by atoms with Gasteiger partial charge in [0.2, 0.25) is 5.91 Å². The zero-order valence-electron chi connectivity index (χ0n) is 15.2. The van der Waals surface area contributed by atoms with Crippen LogP contribution in [0.4, 0.5) is 16.2 Å². The van der Waals surface area contributed by atoms with Crippen molar-refractivity contribution in [1.29, 1.82) is 0 Å². The van der Waals surface area contributed by atoms with E-state index in [1.807, 2.05) is 30.3 Å². The molecule has 1 fully saturated rings. The molecule has 0 aliphatic carbocycles. The third kappa shape index (κ3) is 5.29. The molecule has 7 nitrogen and oxygen atoms in total. The molecule has 0 spiro atoms. The van der Waals surface area contributed by atoms with Crippen LogP contribution >= 0.6 is 0 Å². The van der Waals surface area contributed by atoms with Crippen molar-refractivity contribution in [2.75, 3.05) is 44.0 Å². The largest absolute Gasteiger partial charge is 0.375 e. The average Bonchev–Trinajstić information content (AvgIpc) is 2.69. The maximum Gasteiger partial charge on any atom is 0.322 e. The summed E-state index contributed by atoms with van der Waals surface area (Å²) in [6.45, 7) is 1.48. The molecule has 3 rings (SSSR count). The number of carbonyl (C=O) groups is 2. The molecule has 3 amide bonds. The van der Waals surface area contributed by atoms with Gasteiger partial charge in [0.05, 0.1) is 13.2 Å². The first-order chi connectivity index (χ1) is 13.2. The first-order valence-electron chi connectivity index (χ1n) is 8.77. The van der Waals surface area contributed by atoms with Crippen molar-refractivity contribution in [2.45, 2.75) is 6.10 Å². The van der Waals surface area contributed by atoms with E-state index in [4.69, 9.17) is 9.47 Å². The van der Waals surface area contributed by atoms with Crippen LogP contribution in [-0.4, -0.2) is 50.3 Å². The first-order valence-corrected chi connectivity index (χ1v) is 8.77. The number of hydrogen-bond acceptors (Lipinski definition) is 4. The Kier molecular flexibility index (Phi) is 6.40. The van der Waals surface area contributed by atoms with Gasteiger partial charge in [0, 0.05) is 25.0 Å². The Balaban J connectivity index is 1.60. The molecule has 0 saturated carbocycles. The van der Waals surface area contributed by atoms with Gasteiger partial charge in [-0.25, -0.2) is 4.79 Å². The number of rotatable bonds is 5. The SMILES string of the molecule is COCC(=O)Nc1cccc(NC(=O)N2CCO[C@@H](c3ccccc3)C2)c1. The lowest BCUT2D eigenvalue weighted by molar-refractivity contribution is -0.119. The summed E-state index contributed by atoms with van der Waals surface area (Å²) >= 11 is 0. The van der Waals surface area contributed by atoms with E-state index in [9.17, 15) is 9.59 Å². The van der Waals surface area contributed by atoms with Crippen LogP contribution in [0.25, 0.3) is 0 Å². The molecule has 2 aromatic carbocycles. The van der Waals surface area contributed by atoms with Gasteiger partial charge in [-0.3, -0.25) is 4.79 Å². The van der Waals surface area contributed by atoms with Crippen molar-refractivity contribution in [3.8, 4) is 0 Å². The number of amides is 3. The average molecular weight is 369 g/mol. The van der Waals surface area contributed by atoms with Crippen molar-refractivity contribution in [1.82, 2.24) is 4.90 Å². The second kappa shape index (κ2) is 9.16. The van der Waals surface area contributed by atoms with E-state index in [0.29, 0.717) is 31.1 Å². The highest BCUT2D eigenvalue weighted by atomic mass is 16.5. The van der Waals surface area contributed by atoms with E-state index < -0.39 is 0 Å². The number of anilines is 2. The first kappa shape index (κ1) is 18.9. The predicted molar refractivity (Wildman–Crippen MR) is 103 cm³/mol. The van der Waals surface area contributed by atoms with E-state index in [-0.39, 0.29) is 24.6 Å². The number of nitrogens with one attached hydrogen (secondary N) is 2. The molecule has 0 unspecified atom stereocenters. The van der Waals surface area contributed by atoms with Crippen LogP contribution in [-0.2, 0) is 14.3 Å². The smallest absolute Gasteiger partial charge is 0.322 e. The van der Waals surface area contributed by atoms with Crippen LogP contribution in [0.5, 0.6) is 0 Å². The molecule has 142 valence electrons. The van der Waals surface area contributed by atoms with Gasteiger partial charge in [-0.2, -0.15) is 0 Å². The van der Waals surface area contributed by atoms with Gasteiger partial charge in [-0.15, -0.1) is 0 Å².